The van der Waals surface area contributed by atoms with Gasteiger partial charge in [0.15, 0.2) is 5.13 Å². The van der Waals surface area contributed by atoms with Gasteiger partial charge in [-0.25, -0.2) is 4.98 Å². The first-order valence-electron chi connectivity index (χ1n) is 9.58. The third kappa shape index (κ3) is 3.89. The average molecular weight is 423 g/mol. The molecule has 2 heterocycles. The van der Waals surface area contributed by atoms with Crippen molar-refractivity contribution in [3.63, 3.8) is 0 Å². The molecule has 30 heavy (non-hydrogen) atoms. The SMILES string of the molecule is CCc1cccc2sc(N(Cc3ccco3)C(=O)c3cc(OC)cc(OC)c3)nc12. The number of rotatable bonds is 7. The Labute approximate surface area is 178 Å². The van der Waals surface area contributed by atoms with E-state index < -0.39 is 0 Å². The summed E-state index contributed by atoms with van der Waals surface area (Å²) in [5, 5.41) is 0.620. The van der Waals surface area contributed by atoms with Gasteiger partial charge in [0.25, 0.3) is 5.91 Å². The second-order valence-electron chi connectivity index (χ2n) is 6.69. The Morgan fingerprint density at radius 1 is 1.10 bits per heavy atom. The van der Waals surface area contributed by atoms with Crippen molar-refractivity contribution in [2.45, 2.75) is 19.9 Å². The maximum absolute atomic E-state index is 13.6. The van der Waals surface area contributed by atoms with Crippen LogP contribution in [0.3, 0.4) is 0 Å². The van der Waals surface area contributed by atoms with Gasteiger partial charge in [-0.3, -0.25) is 9.69 Å². The number of aryl methyl sites for hydroxylation is 1. The van der Waals surface area contributed by atoms with E-state index in [0.717, 1.165) is 22.2 Å². The second-order valence-corrected chi connectivity index (χ2v) is 7.69. The molecule has 1 amide bonds. The van der Waals surface area contributed by atoms with Crippen LogP contribution in [0.25, 0.3) is 10.2 Å². The van der Waals surface area contributed by atoms with Crippen LogP contribution in [0.2, 0.25) is 0 Å². The second kappa shape index (κ2) is 8.59. The third-order valence-electron chi connectivity index (χ3n) is 4.84. The van der Waals surface area contributed by atoms with Gasteiger partial charge in [-0.2, -0.15) is 0 Å². The molecule has 7 heteroatoms. The third-order valence-corrected chi connectivity index (χ3v) is 5.88. The van der Waals surface area contributed by atoms with Crippen LogP contribution in [-0.4, -0.2) is 25.1 Å². The summed E-state index contributed by atoms with van der Waals surface area (Å²) in [4.78, 5) is 20.0. The Bertz CT molecular complexity index is 1150. The van der Waals surface area contributed by atoms with Crippen molar-refractivity contribution in [2.75, 3.05) is 19.1 Å². The van der Waals surface area contributed by atoms with Gasteiger partial charge in [-0.1, -0.05) is 30.4 Å². The highest BCUT2D eigenvalue weighted by Gasteiger charge is 2.24. The van der Waals surface area contributed by atoms with Gasteiger partial charge in [0.2, 0.25) is 0 Å². The van der Waals surface area contributed by atoms with E-state index in [2.05, 4.69) is 13.0 Å². The number of amides is 1. The lowest BCUT2D eigenvalue weighted by Gasteiger charge is -2.19. The zero-order valence-electron chi connectivity index (χ0n) is 17.0. The predicted octanol–water partition coefficient (Wildman–Crippen LogP) is 5.32. The molecule has 4 aromatic rings. The van der Waals surface area contributed by atoms with Crippen LogP contribution in [-0.2, 0) is 13.0 Å². The number of hydrogen-bond donors (Lipinski definition) is 0. The van der Waals surface area contributed by atoms with Crippen LogP contribution in [0.1, 0.15) is 28.6 Å². The number of methoxy groups -OCH3 is 2. The standard InChI is InChI=1S/C23H22N2O4S/c1-4-15-7-5-9-20-21(15)24-23(30-20)25(14-17-8-6-10-29-17)22(26)16-11-18(27-2)13-19(12-16)28-3/h5-13H,4,14H2,1-3H3. The van der Waals surface area contributed by atoms with E-state index >= 15 is 0 Å². The molecule has 0 unspecified atom stereocenters. The summed E-state index contributed by atoms with van der Waals surface area (Å²) in [5.74, 6) is 1.57. The molecule has 154 valence electrons. The molecule has 0 fully saturated rings. The lowest BCUT2D eigenvalue weighted by atomic mass is 10.1. The molecule has 0 saturated heterocycles. The zero-order chi connectivity index (χ0) is 21.1. The Hall–Kier alpha value is -3.32. The van der Waals surface area contributed by atoms with E-state index in [4.69, 9.17) is 18.9 Å². The van der Waals surface area contributed by atoms with E-state index in [1.165, 1.54) is 11.3 Å². The molecular weight excluding hydrogens is 400 g/mol. The smallest absolute Gasteiger partial charge is 0.260 e. The minimum atomic E-state index is -0.208. The number of benzene rings is 2. The number of aromatic nitrogens is 1. The highest BCUT2D eigenvalue weighted by Crippen LogP contribution is 2.33. The Balaban J connectivity index is 1.80. The van der Waals surface area contributed by atoms with Crippen molar-refractivity contribution in [3.8, 4) is 11.5 Å². The molecular formula is C23H22N2O4S. The number of carbonyl (C=O) groups excluding carboxylic acids is 1. The average Bonchev–Trinajstić information content (AvgIpc) is 3.45. The molecule has 0 N–H and O–H groups in total. The number of furan rings is 1. The first kappa shape index (κ1) is 20.0. The Morgan fingerprint density at radius 2 is 1.87 bits per heavy atom. The van der Waals surface area contributed by atoms with Crippen molar-refractivity contribution in [1.82, 2.24) is 4.98 Å². The quantitative estimate of drug-likeness (QED) is 0.403. The number of hydrogen-bond acceptors (Lipinski definition) is 6. The summed E-state index contributed by atoms with van der Waals surface area (Å²) in [5.41, 5.74) is 2.54. The number of thiazole rings is 1. The van der Waals surface area contributed by atoms with Crippen molar-refractivity contribution < 1.29 is 18.7 Å². The van der Waals surface area contributed by atoms with Gasteiger partial charge >= 0.3 is 0 Å². The molecule has 0 bridgehead atoms. The van der Waals surface area contributed by atoms with E-state index in [1.807, 2.05) is 18.2 Å². The van der Waals surface area contributed by atoms with Gasteiger partial charge in [0, 0.05) is 11.6 Å². The number of para-hydroxylation sites is 1. The Kier molecular flexibility index (Phi) is 5.72. The lowest BCUT2D eigenvalue weighted by Crippen LogP contribution is -2.30. The number of nitrogens with zero attached hydrogens (tertiary/aromatic N) is 2. The molecule has 4 rings (SSSR count). The highest BCUT2D eigenvalue weighted by molar-refractivity contribution is 7.22. The minimum Gasteiger partial charge on any atom is -0.497 e. The molecule has 2 aromatic heterocycles. The van der Waals surface area contributed by atoms with Crippen molar-refractivity contribution in [2.24, 2.45) is 0 Å². The number of anilines is 1. The monoisotopic (exact) mass is 422 g/mol. The van der Waals surface area contributed by atoms with Gasteiger partial charge in [-0.05, 0) is 42.3 Å². The number of carbonyl (C=O) groups is 1. The molecule has 0 aliphatic heterocycles. The number of fused-ring (bicyclic) bond motifs is 1. The first-order chi connectivity index (χ1) is 14.6. The van der Waals surface area contributed by atoms with Crippen molar-refractivity contribution in [1.29, 1.82) is 0 Å². The Morgan fingerprint density at radius 3 is 2.50 bits per heavy atom. The fourth-order valence-electron chi connectivity index (χ4n) is 3.27. The molecule has 6 nitrogen and oxygen atoms in total. The van der Waals surface area contributed by atoms with Gasteiger partial charge < -0.3 is 13.9 Å². The largest absolute Gasteiger partial charge is 0.497 e. The van der Waals surface area contributed by atoms with Crippen molar-refractivity contribution >= 4 is 32.6 Å². The summed E-state index contributed by atoms with van der Waals surface area (Å²) >= 11 is 1.49. The van der Waals surface area contributed by atoms with E-state index in [-0.39, 0.29) is 12.5 Å². The normalized spacial score (nSPS) is 10.9. The van der Waals surface area contributed by atoms with Crippen LogP contribution >= 0.6 is 11.3 Å². The highest BCUT2D eigenvalue weighted by atomic mass is 32.1. The molecule has 0 radical (unpaired) electrons. The van der Waals surface area contributed by atoms with Gasteiger partial charge in [0.1, 0.15) is 17.3 Å². The van der Waals surface area contributed by atoms with Gasteiger partial charge in [0.05, 0.1) is 37.2 Å². The van der Waals surface area contributed by atoms with Gasteiger partial charge in [-0.15, -0.1) is 0 Å². The summed E-state index contributed by atoms with van der Waals surface area (Å²) in [6, 6.07) is 14.9. The summed E-state index contributed by atoms with van der Waals surface area (Å²) in [6.45, 7) is 2.37. The fourth-order valence-corrected chi connectivity index (χ4v) is 4.28. The molecule has 2 aromatic carbocycles. The van der Waals surface area contributed by atoms with E-state index in [1.54, 1.807) is 49.6 Å². The maximum atomic E-state index is 13.6. The summed E-state index contributed by atoms with van der Waals surface area (Å²) in [7, 11) is 3.12. The zero-order valence-corrected chi connectivity index (χ0v) is 17.9. The summed E-state index contributed by atoms with van der Waals surface area (Å²) < 4.78 is 17.2. The number of ether oxygens (including phenoxy) is 2. The predicted molar refractivity (Wildman–Crippen MR) is 118 cm³/mol. The van der Waals surface area contributed by atoms with Crippen LogP contribution in [0.4, 0.5) is 5.13 Å². The maximum Gasteiger partial charge on any atom is 0.260 e. The first-order valence-corrected chi connectivity index (χ1v) is 10.4. The van der Waals surface area contributed by atoms with Crippen LogP contribution in [0.15, 0.2) is 59.2 Å². The fraction of sp³-hybridized carbons (Fsp3) is 0.217. The van der Waals surface area contributed by atoms with Crippen molar-refractivity contribution in [3.05, 3.63) is 71.7 Å². The van der Waals surface area contributed by atoms with Crippen LogP contribution < -0.4 is 14.4 Å². The molecule has 0 spiro atoms. The molecule has 0 atom stereocenters. The van der Waals surface area contributed by atoms with Crippen LogP contribution in [0, 0.1) is 0 Å². The summed E-state index contributed by atoms with van der Waals surface area (Å²) in [6.07, 6.45) is 2.47. The topological polar surface area (TPSA) is 64.8 Å². The molecule has 0 aliphatic rings. The lowest BCUT2D eigenvalue weighted by molar-refractivity contribution is 0.0982. The van der Waals surface area contributed by atoms with E-state index in [9.17, 15) is 4.79 Å². The van der Waals surface area contributed by atoms with Crippen LogP contribution in [0.5, 0.6) is 11.5 Å². The molecule has 0 saturated carbocycles. The molecule has 0 aliphatic carbocycles. The minimum absolute atomic E-state index is 0.208. The van der Waals surface area contributed by atoms with E-state index in [0.29, 0.717) is 28.0 Å².